The molecule has 2 aromatic heterocycles. The molecule has 0 saturated heterocycles. The van der Waals surface area contributed by atoms with Crippen molar-refractivity contribution in [2.45, 2.75) is 25.4 Å². The van der Waals surface area contributed by atoms with E-state index in [2.05, 4.69) is 16.0 Å². The molecule has 28 heavy (non-hydrogen) atoms. The number of anilines is 1. The first-order chi connectivity index (χ1) is 13.4. The van der Waals surface area contributed by atoms with Gasteiger partial charge >= 0.3 is 0 Å². The van der Waals surface area contributed by atoms with Crippen molar-refractivity contribution in [2.75, 3.05) is 5.73 Å². The average Bonchev–Trinajstić information content (AvgIpc) is 3.44. The number of carbonyl (C=O) groups is 1. The predicted octanol–water partition coefficient (Wildman–Crippen LogP) is 1.95. The minimum Gasteiger partial charge on any atom is -0.398 e. The number of fused-ring (bicyclic) bond motifs is 1. The maximum absolute atomic E-state index is 12.1. The van der Waals surface area contributed by atoms with Gasteiger partial charge in [-0.2, -0.15) is 5.26 Å². The summed E-state index contributed by atoms with van der Waals surface area (Å²) >= 11 is 0. The molecule has 0 bridgehead atoms. The molecule has 7 nitrogen and oxygen atoms in total. The molecule has 1 saturated carbocycles. The van der Waals surface area contributed by atoms with Crippen LogP contribution in [0.2, 0.25) is 0 Å². The van der Waals surface area contributed by atoms with Crippen LogP contribution in [0, 0.1) is 24.2 Å². The summed E-state index contributed by atoms with van der Waals surface area (Å²) in [4.78, 5) is 20.6. The molecule has 2 unspecified atom stereocenters. The first kappa shape index (κ1) is 17.9. The maximum Gasteiger partial charge on any atom is 0.231 e. The first-order valence-electron chi connectivity index (χ1n) is 8.87. The van der Waals surface area contributed by atoms with Gasteiger partial charge in [0.1, 0.15) is 5.41 Å². The SMILES string of the molecule is Cc1ccncc1-c1cc2cc(C3(C(N)=O)CC3C#N)ncc2c(N)c1CO. The van der Waals surface area contributed by atoms with Gasteiger partial charge in [0.05, 0.1) is 24.3 Å². The average molecular weight is 373 g/mol. The number of nitrogen functional groups attached to an aromatic ring is 1. The van der Waals surface area contributed by atoms with E-state index in [-0.39, 0.29) is 6.61 Å². The van der Waals surface area contributed by atoms with Crippen molar-refractivity contribution in [2.24, 2.45) is 11.7 Å². The van der Waals surface area contributed by atoms with Crippen LogP contribution in [0.5, 0.6) is 0 Å². The Bertz CT molecular complexity index is 1170. The molecule has 0 radical (unpaired) electrons. The second-order valence-corrected chi connectivity index (χ2v) is 7.18. The van der Waals surface area contributed by atoms with E-state index in [1.54, 1.807) is 24.7 Å². The summed E-state index contributed by atoms with van der Waals surface area (Å²) in [5, 5.41) is 20.6. The number of nitriles is 1. The summed E-state index contributed by atoms with van der Waals surface area (Å²) in [6.45, 7) is 1.73. The number of hydrogen-bond acceptors (Lipinski definition) is 6. The van der Waals surface area contributed by atoms with Gasteiger partial charge in [0.15, 0.2) is 0 Å². The Morgan fingerprint density at radius 3 is 2.79 bits per heavy atom. The highest BCUT2D eigenvalue weighted by atomic mass is 16.3. The Hall–Kier alpha value is -3.50. The summed E-state index contributed by atoms with van der Waals surface area (Å²) in [5.74, 6) is -1.02. The number of nitrogens with two attached hydrogens (primary N) is 2. The van der Waals surface area contributed by atoms with Gasteiger partial charge in [-0.1, -0.05) is 0 Å². The summed E-state index contributed by atoms with van der Waals surface area (Å²) in [6, 6.07) is 7.69. The number of aryl methyl sites for hydroxylation is 1. The summed E-state index contributed by atoms with van der Waals surface area (Å²) in [6.07, 6.45) is 5.39. The van der Waals surface area contributed by atoms with E-state index in [0.29, 0.717) is 28.8 Å². The number of aromatic nitrogens is 2. The van der Waals surface area contributed by atoms with Crippen molar-refractivity contribution >= 4 is 22.4 Å². The molecule has 0 aliphatic heterocycles. The Morgan fingerprint density at radius 1 is 1.39 bits per heavy atom. The first-order valence-corrected chi connectivity index (χ1v) is 8.87. The van der Waals surface area contributed by atoms with Crippen molar-refractivity contribution < 1.29 is 9.90 Å². The smallest absolute Gasteiger partial charge is 0.231 e. The third kappa shape index (κ3) is 2.42. The second kappa shape index (κ2) is 6.29. The van der Waals surface area contributed by atoms with Gasteiger partial charge in [-0.25, -0.2) is 0 Å². The number of pyridine rings is 2. The zero-order valence-corrected chi connectivity index (χ0v) is 15.3. The number of benzene rings is 1. The second-order valence-electron chi connectivity index (χ2n) is 7.18. The standard InChI is InChI=1S/C21H19N5O2/c1-11-2-3-25-8-15(11)14-4-12-5-18(21(20(24)28)6-13(21)7-22)26-9-16(12)19(23)17(14)10-27/h2-5,8-9,13,27H,6,10,23H2,1H3,(H2,24,28). The highest BCUT2D eigenvalue weighted by Gasteiger charge is 2.62. The normalized spacial score (nSPS) is 20.7. The van der Waals surface area contributed by atoms with Gasteiger partial charge in [-0.05, 0) is 48.1 Å². The van der Waals surface area contributed by atoms with Crippen molar-refractivity contribution in [3.05, 3.63) is 53.6 Å². The molecular formula is C21H19N5O2. The molecule has 1 fully saturated rings. The summed E-state index contributed by atoms with van der Waals surface area (Å²) in [5.41, 5.74) is 15.0. The minimum absolute atomic E-state index is 0.227. The number of nitrogens with zero attached hydrogens (tertiary/aromatic N) is 3. The monoisotopic (exact) mass is 373 g/mol. The molecule has 140 valence electrons. The van der Waals surface area contributed by atoms with Crippen molar-refractivity contribution in [1.82, 2.24) is 9.97 Å². The number of aliphatic hydroxyl groups excluding tert-OH is 1. The molecule has 1 amide bonds. The number of primary amides is 1. The molecular weight excluding hydrogens is 354 g/mol. The van der Waals surface area contributed by atoms with Gasteiger partial charge in [-0.15, -0.1) is 0 Å². The lowest BCUT2D eigenvalue weighted by molar-refractivity contribution is -0.120. The van der Waals surface area contributed by atoms with Crippen molar-refractivity contribution in [3.8, 4) is 17.2 Å². The van der Waals surface area contributed by atoms with Gasteiger partial charge in [-0.3, -0.25) is 14.8 Å². The highest BCUT2D eigenvalue weighted by molar-refractivity contribution is 6.00. The van der Waals surface area contributed by atoms with E-state index >= 15 is 0 Å². The van der Waals surface area contributed by atoms with E-state index in [1.165, 1.54) is 0 Å². The molecule has 7 heteroatoms. The zero-order chi connectivity index (χ0) is 20.1. The van der Waals surface area contributed by atoms with E-state index in [4.69, 9.17) is 11.5 Å². The molecule has 1 aliphatic carbocycles. The zero-order valence-electron chi connectivity index (χ0n) is 15.3. The number of hydrogen-bond donors (Lipinski definition) is 3. The topological polar surface area (TPSA) is 139 Å². The van der Waals surface area contributed by atoms with Crippen LogP contribution in [0.15, 0.2) is 36.8 Å². The molecule has 1 aromatic carbocycles. The van der Waals surface area contributed by atoms with Gasteiger partial charge in [0.2, 0.25) is 5.91 Å². The van der Waals surface area contributed by atoms with E-state index < -0.39 is 17.2 Å². The minimum atomic E-state index is -1.04. The van der Waals surface area contributed by atoms with E-state index in [0.717, 1.165) is 22.1 Å². The van der Waals surface area contributed by atoms with Gasteiger partial charge in [0, 0.05) is 40.8 Å². The van der Waals surface area contributed by atoms with Crippen molar-refractivity contribution in [1.29, 1.82) is 5.26 Å². The lowest BCUT2D eigenvalue weighted by atomic mass is 9.91. The van der Waals surface area contributed by atoms with E-state index in [1.807, 2.05) is 19.1 Å². The molecule has 0 spiro atoms. The van der Waals surface area contributed by atoms with E-state index in [9.17, 15) is 15.2 Å². The molecule has 5 N–H and O–H groups in total. The third-order valence-electron chi connectivity index (χ3n) is 5.68. The summed E-state index contributed by atoms with van der Waals surface area (Å²) < 4.78 is 0. The van der Waals surface area contributed by atoms with Crippen molar-refractivity contribution in [3.63, 3.8) is 0 Å². The molecule has 2 heterocycles. The van der Waals surface area contributed by atoms with Crippen LogP contribution in [0.4, 0.5) is 5.69 Å². The fourth-order valence-electron chi connectivity index (χ4n) is 3.87. The Balaban J connectivity index is 1.97. The maximum atomic E-state index is 12.1. The lowest BCUT2D eigenvalue weighted by Gasteiger charge is -2.17. The lowest BCUT2D eigenvalue weighted by Crippen LogP contribution is -2.31. The van der Waals surface area contributed by atoms with Crippen LogP contribution in [-0.4, -0.2) is 21.0 Å². The molecule has 2 atom stereocenters. The third-order valence-corrected chi connectivity index (χ3v) is 5.68. The van der Waals surface area contributed by atoms with Crippen LogP contribution in [0.25, 0.3) is 21.9 Å². The number of carbonyl (C=O) groups excluding carboxylic acids is 1. The molecule has 1 aliphatic rings. The fraction of sp³-hybridized carbons (Fsp3) is 0.238. The van der Waals surface area contributed by atoms with Crippen LogP contribution in [0.1, 0.15) is 23.2 Å². The molecule has 3 aromatic rings. The fourth-order valence-corrected chi connectivity index (χ4v) is 3.87. The largest absolute Gasteiger partial charge is 0.398 e. The van der Waals surface area contributed by atoms with Gasteiger partial charge < -0.3 is 16.6 Å². The highest BCUT2D eigenvalue weighted by Crippen LogP contribution is 2.53. The van der Waals surface area contributed by atoms with Crippen LogP contribution in [0.3, 0.4) is 0 Å². The Kier molecular flexibility index (Phi) is 4.02. The predicted molar refractivity (Wildman–Crippen MR) is 105 cm³/mol. The number of rotatable bonds is 4. The van der Waals surface area contributed by atoms with Crippen LogP contribution >= 0.6 is 0 Å². The number of aliphatic hydroxyl groups is 1. The number of amides is 1. The van der Waals surface area contributed by atoms with Gasteiger partial charge in [0.25, 0.3) is 0 Å². The Labute approximate surface area is 161 Å². The van der Waals surface area contributed by atoms with Crippen LogP contribution in [-0.2, 0) is 16.8 Å². The Morgan fingerprint density at radius 2 is 2.18 bits per heavy atom. The molecule has 4 rings (SSSR count). The summed E-state index contributed by atoms with van der Waals surface area (Å²) in [7, 11) is 0. The van der Waals surface area contributed by atoms with Crippen LogP contribution < -0.4 is 11.5 Å². The quantitative estimate of drug-likeness (QED) is 0.597.